The molecule has 3 heterocycles. The molecule has 4 aromatic rings. The molecule has 0 radical (unpaired) electrons. The van der Waals surface area contributed by atoms with Gasteiger partial charge in [-0.15, -0.1) is 0 Å². The SMILES string of the molecule is CNc1cc(Nc2cccc3cccnc23)nc2c(NC(=O)N[C@@H]3C[C@@H]3F)cnn12. The number of hydrogen-bond acceptors (Lipinski definition) is 6. The normalized spacial score (nSPS) is 17.7. The number of aromatic nitrogens is 4. The Morgan fingerprint density at radius 2 is 2.07 bits per heavy atom. The van der Waals surface area contributed by atoms with Crippen LogP contribution < -0.4 is 21.3 Å². The zero-order valence-electron chi connectivity index (χ0n) is 16.1. The number of rotatable bonds is 5. The molecule has 0 spiro atoms. The Balaban J connectivity index is 1.48. The third-order valence-electron chi connectivity index (χ3n) is 4.90. The summed E-state index contributed by atoms with van der Waals surface area (Å²) >= 11 is 0. The second kappa shape index (κ2) is 7.14. The van der Waals surface area contributed by atoms with Gasteiger partial charge in [0.25, 0.3) is 0 Å². The number of amides is 2. The summed E-state index contributed by atoms with van der Waals surface area (Å²) in [6.45, 7) is 0. The molecule has 152 valence electrons. The molecule has 0 aliphatic heterocycles. The second-order valence-electron chi connectivity index (χ2n) is 7.03. The minimum atomic E-state index is -0.973. The van der Waals surface area contributed by atoms with Gasteiger partial charge in [-0.05, 0) is 12.1 Å². The summed E-state index contributed by atoms with van der Waals surface area (Å²) in [4.78, 5) is 21.2. The lowest BCUT2D eigenvalue weighted by atomic mass is 10.2. The summed E-state index contributed by atoms with van der Waals surface area (Å²) in [5, 5.41) is 16.9. The molecular weight excluding hydrogens is 387 g/mol. The van der Waals surface area contributed by atoms with Crippen LogP contribution in [0.15, 0.2) is 48.8 Å². The minimum Gasteiger partial charge on any atom is -0.373 e. The Morgan fingerprint density at radius 3 is 2.87 bits per heavy atom. The van der Waals surface area contributed by atoms with E-state index in [0.717, 1.165) is 16.6 Å². The van der Waals surface area contributed by atoms with Gasteiger partial charge >= 0.3 is 6.03 Å². The molecule has 0 unspecified atom stereocenters. The van der Waals surface area contributed by atoms with Crippen LogP contribution >= 0.6 is 0 Å². The molecule has 9 nitrogen and oxygen atoms in total. The van der Waals surface area contributed by atoms with E-state index >= 15 is 0 Å². The van der Waals surface area contributed by atoms with Crippen LogP contribution in [0.1, 0.15) is 6.42 Å². The first-order valence-electron chi connectivity index (χ1n) is 9.51. The van der Waals surface area contributed by atoms with E-state index in [1.807, 2.05) is 36.4 Å². The number of nitrogens with one attached hydrogen (secondary N) is 4. The fraction of sp³-hybridized carbons (Fsp3) is 0.200. The van der Waals surface area contributed by atoms with Crippen molar-refractivity contribution < 1.29 is 9.18 Å². The maximum absolute atomic E-state index is 13.0. The van der Waals surface area contributed by atoms with Crippen LogP contribution in [-0.4, -0.2) is 44.9 Å². The summed E-state index contributed by atoms with van der Waals surface area (Å²) in [5.74, 6) is 1.23. The van der Waals surface area contributed by atoms with Crippen molar-refractivity contribution in [3.05, 3.63) is 48.8 Å². The lowest BCUT2D eigenvalue weighted by molar-refractivity contribution is 0.250. The first-order chi connectivity index (χ1) is 14.6. The number of urea groups is 1. The standard InChI is InChI=1S/C20H19FN8O/c1-22-17-9-16(25-13-6-2-4-11-5-3-7-23-18(11)13)28-19-15(10-24-29(17)19)27-20(30)26-14-8-12(14)21/h2-7,9-10,12,14,22H,8H2,1H3,(H,25,28)(H2,26,27,30)/t12-,14+/m0/s1. The summed E-state index contributed by atoms with van der Waals surface area (Å²) in [6, 6.07) is 10.6. The molecule has 2 atom stereocenters. The van der Waals surface area contributed by atoms with Crippen LogP contribution in [0.25, 0.3) is 16.6 Å². The summed E-state index contributed by atoms with van der Waals surface area (Å²) in [6.07, 6.45) is 2.62. The average molecular weight is 406 g/mol. The van der Waals surface area contributed by atoms with Gasteiger partial charge in [0, 0.05) is 31.1 Å². The number of alkyl halides is 1. The van der Waals surface area contributed by atoms with Crippen LogP contribution in [0.2, 0.25) is 0 Å². The maximum atomic E-state index is 13.0. The quantitative estimate of drug-likeness (QED) is 0.405. The lowest BCUT2D eigenvalue weighted by Gasteiger charge is -2.12. The van der Waals surface area contributed by atoms with Crippen molar-refractivity contribution in [2.75, 3.05) is 23.0 Å². The van der Waals surface area contributed by atoms with Crippen LogP contribution in [0, 0.1) is 0 Å². The number of carbonyl (C=O) groups is 1. The average Bonchev–Trinajstić information content (AvgIpc) is 3.29. The summed E-state index contributed by atoms with van der Waals surface area (Å²) in [7, 11) is 1.77. The Kier molecular flexibility index (Phi) is 4.31. The smallest absolute Gasteiger partial charge is 0.319 e. The van der Waals surface area contributed by atoms with Gasteiger partial charge in [0.2, 0.25) is 0 Å². The van der Waals surface area contributed by atoms with Gasteiger partial charge in [0.1, 0.15) is 23.5 Å². The minimum absolute atomic E-state index is 0.345. The van der Waals surface area contributed by atoms with E-state index in [9.17, 15) is 9.18 Å². The zero-order chi connectivity index (χ0) is 20.7. The van der Waals surface area contributed by atoms with Crippen molar-refractivity contribution >= 4 is 45.6 Å². The molecule has 1 aliphatic rings. The highest BCUT2D eigenvalue weighted by molar-refractivity contribution is 5.94. The maximum Gasteiger partial charge on any atom is 0.319 e. The van der Waals surface area contributed by atoms with E-state index in [1.165, 1.54) is 6.20 Å². The number of nitrogens with zero attached hydrogens (tertiary/aromatic N) is 4. The van der Waals surface area contributed by atoms with E-state index < -0.39 is 18.2 Å². The van der Waals surface area contributed by atoms with Crippen molar-refractivity contribution in [3.8, 4) is 0 Å². The molecule has 2 amide bonds. The van der Waals surface area contributed by atoms with Crippen molar-refractivity contribution in [1.82, 2.24) is 24.9 Å². The summed E-state index contributed by atoms with van der Waals surface area (Å²) in [5.41, 5.74) is 2.49. The van der Waals surface area contributed by atoms with Crippen molar-refractivity contribution in [3.63, 3.8) is 0 Å². The largest absolute Gasteiger partial charge is 0.373 e. The third kappa shape index (κ3) is 3.32. The zero-order valence-corrected chi connectivity index (χ0v) is 16.1. The molecule has 30 heavy (non-hydrogen) atoms. The van der Waals surface area contributed by atoms with Gasteiger partial charge in [-0.2, -0.15) is 9.61 Å². The van der Waals surface area contributed by atoms with E-state index in [1.54, 1.807) is 17.8 Å². The van der Waals surface area contributed by atoms with Crippen LogP contribution in [0.5, 0.6) is 0 Å². The van der Waals surface area contributed by atoms with Crippen molar-refractivity contribution in [2.24, 2.45) is 0 Å². The number of para-hydroxylation sites is 1. The Hall–Kier alpha value is -3.95. The van der Waals surface area contributed by atoms with E-state index in [2.05, 4.69) is 36.3 Å². The third-order valence-corrected chi connectivity index (χ3v) is 4.90. The van der Waals surface area contributed by atoms with Gasteiger partial charge in [0.15, 0.2) is 5.65 Å². The highest BCUT2D eigenvalue weighted by Gasteiger charge is 2.38. The Bertz CT molecular complexity index is 1250. The van der Waals surface area contributed by atoms with Crippen molar-refractivity contribution in [2.45, 2.75) is 18.6 Å². The van der Waals surface area contributed by atoms with E-state index in [-0.39, 0.29) is 0 Å². The molecule has 4 N–H and O–H groups in total. The molecule has 5 rings (SSSR count). The number of pyridine rings is 1. The van der Waals surface area contributed by atoms with E-state index in [4.69, 9.17) is 0 Å². The van der Waals surface area contributed by atoms with Crippen molar-refractivity contribution in [1.29, 1.82) is 0 Å². The van der Waals surface area contributed by atoms with Gasteiger partial charge in [-0.1, -0.05) is 18.2 Å². The number of carbonyl (C=O) groups excluding carboxylic acids is 1. The summed E-state index contributed by atoms with van der Waals surface area (Å²) < 4.78 is 14.6. The molecule has 1 saturated carbocycles. The monoisotopic (exact) mass is 406 g/mol. The Labute approximate surface area is 170 Å². The first kappa shape index (κ1) is 18.1. The molecular formula is C20H19FN8O. The van der Waals surface area contributed by atoms with Gasteiger partial charge in [-0.3, -0.25) is 4.98 Å². The van der Waals surface area contributed by atoms with Gasteiger partial charge in [-0.25, -0.2) is 14.2 Å². The molecule has 1 aromatic carbocycles. The second-order valence-corrected chi connectivity index (χ2v) is 7.03. The molecule has 1 fully saturated rings. The molecule has 0 saturated heterocycles. The van der Waals surface area contributed by atoms with Crippen LogP contribution in [0.3, 0.4) is 0 Å². The molecule has 0 bridgehead atoms. The number of anilines is 4. The predicted molar refractivity (Wildman–Crippen MR) is 113 cm³/mol. The molecule has 10 heteroatoms. The van der Waals surface area contributed by atoms with E-state index in [0.29, 0.717) is 29.4 Å². The molecule has 1 aliphatic carbocycles. The predicted octanol–water partition coefficient (Wildman–Crippen LogP) is 3.29. The fourth-order valence-corrected chi connectivity index (χ4v) is 3.28. The topological polar surface area (TPSA) is 108 Å². The number of hydrogen-bond donors (Lipinski definition) is 4. The van der Waals surface area contributed by atoms with Gasteiger partial charge < -0.3 is 21.3 Å². The number of fused-ring (bicyclic) bond motifs is 2. The number of benzene rings is 1. The van der Waals surface area contributed by atoms with Crippen LogP contribution in [-0.2, 0) is 0 Å². The van der Waals surface area contributed by atoms with Gasteiger partial charge in [0.05, 0.1) is 23.4 Å². The fourth-order valence-electron chi connectivity index (χ4n) is 3.28. The highest BCUT2D eigenvalue weighted by Crippen LogP contribution is 2.28. The Morgan fingerprint density at radius 1 is 1.23 bits per heavy atom. The molecule has 3 aromatic heterocycles. The van der Waals surface area contributed by atoms with Crippen LogP contribution in [0.4, 0.5) is 32.2 Å². The highest BCUT2D eigenvalue weighted by atomic mass is 19.1. The first-order valence-corrected chi connectivity index (χ1v) is 9.51. The number of halogens is 1. The lowest BCUT2D eigenvalue weighted by Crippen LogP contribution is -2.31.